The lowest BCUT2D eigenvalue weighted by atomic mass is 9.93. The number of nitrogens with zero attached hydrogens (tertiary/aromatic N) is 9. The lowest BCUT2D eigenvalue weighted by Crippen LogP contribution is -2.60. The molecular weight excluding hydrogens is 731 g/mol. The van der Waals surface area contributed by atoms with Gasteiger partial charge in [-0.25, -0.2) is 9.78 Å². The zero-order valence-corrected chi connectivity index (χ0v) is 31.9. The van der Waals surface area contributed by atoms with Crippen LogP contribution >= 0.6 is 0 Å². The van der Waals surface area contributed by atoms with Crippen molar-refractivity contribution in [3.05, 3.63) is 75.6 Å². The molecule has 3 aromatic rings. The van der Waals surface area contributed by atoms with Crippen molar-refractivity contribution in [2.75, 3.05) is 62.7 Å². The zero-order chi connectivity index (χ0) is 39.5. The normalized spacial score (nSPS) is 22.9. The Bertz CT molecular complexity index is 2210. The van der Waals surface area contributed by atoms with Gasteiger partial charge >= 0.3 is 6.03 Å². The Hall–Kier alpha value is -5.97. The smallest absolute Gasteiger partial charge is 0.320 e. The van der Waals surface area contributed by atoms with Crippen molar-refractivity contribution in [1.82, 2.24) is 40.1 Å². The average molecular weight is 776 g/mol. The largest absolute Gasteiger partial charge is 0.368 e. The number of nitrogens with one attached hydrogen (secondary N) is 1. The van der Waals surface area contributed by atoms with E-state index in [0.717, 1.165) is 74.7 Å². The molecule has 2 atom stereocenters. The van der Waals surface area contributed by atoms with Crippen molar-refractivity contribution in [3.63, 3.8) is 0 Å². The Morgan fingerprint density at radius 2 is 1.63 bits per heavy atom. The molecular formula is C40H45N11O6. The van der Waals surface area contributed by atoms with Crippen LogP contribution < -0.4 is 20.9 Å². The van der Waals surface area contributed by atoms with Crippen LogP contribution in [-0.2, 0) is 35.4 Å². The highest BCUT2D eigenvalue weighted by atomic mass is 16.2. The Morgan fingerprint density at radius 1 is 0.825 bits per heavy atom. The quantitative estimate of drug-likeness (QED) is 0.290. The Morgan fingerprint density at radius 3 is 2.40 bits per heavy atom. The Labute approximate surface area is 329 Å². The molecule has 296 valence electrons. The van der Waals surface area contributed by atoms with Gasteiger partial charge in [-0.15, -0.1) is 10.2 Å². The molecule has 0 bridgehead atoms. The van der Waals surface area contributed by atoms with Crippen LogP contribution in [0.25, 0.3) is 0 Å². The lowest BCUT2D eigenvalue weighted by Gasteiger charge is -2.48. The highest BCUT2D eigenvalue weighted by Crippen LogP contribution is 2.34. The van der Waals surface area contributed by atoms with Crippen molar-refractivity contribution in [2.45, 2.75) is 69.6 Å². The molecule has 2 aromatic carbocycles. The van der Waals surface area contributed by atoms with Crippen LogP contribution in [0.4, 0.5) is 16.4 Å². The van der Waals surface area contributed by atoms with Gasteiger partial charge in [-0.05, 0) is 73.4 Å². The summed E-state index contributed by atoms with van der Waals surface area (Å²) in [5.41, 5.74) is 11.5. The minimum absolute atomic E-state index is 0.0489. The first-order valence-corrected chi connectivity index (χ1v) is 19.8. The number of aryl methyl sites for hydroxylation is 2. The van der Waals surface area contributed by atoms with Gasteiger partial charge in [-0.1, -0.05) is 18.2 Å². The monoisotopic (exact) mass is 775 g/mol. The van der Waals surface area contributed by atoms with Gasteiger partial charge in [0.05, 0.1) is 22.9 Å². The number of rotatable bonds is 9. The van der Waals surface area contributed by atoms with Crippen molar-refractivity contribution >= 4 is 47.2 Å². The van der Waals surface area contributed by atoms with Gasteiger partial charge < -0.3 is 25.3 Å². The number of carbonyl (C=O) groups is 6. The van der Waals surface area contributed by atoms with E-state index in [9.17, 15) is 28.8 Å². The minimum Gasteiger partial charge on any atom is -0.368 e. The predicted molar refractivity (Wildman–Crippen MR) is 205 cm³/mol. The molecule has 4 saturated heterocycles. The summed E-state index contributed by atoms with van der Waals surface area (Å²) in [5.74, 6) is -2.23. The number of hydrogen-bond acceptors (Lipinski definition) is 12. The number of aromatic nitrogens is 3. The second-order valence-corrected chi connectivity index (χ2v) is 16.0. The maximum atomic E-state index is 13.3. The molecule has 17 nitrogen and oxygen atoms in total. The van der Waals surface area contributed by atoms with Gasteiger partial charge in [0.25, 0.3) is 17.7 Å². The van der Waals surface area contributed by atoms with Gasteiger partial charge in [-0.2, -0.15) is 0 Å². The number of primary amides is 1. The van der Waals surface area contributed by atoms with E-state index in [1.165, 1.54) is 11.1 Å². The first kappa shape index (κ1) is 36.7. The average Bonchev–Trinajstić information content (AvgIpc) is 3.65. The van der Waals surface area contributed by atoms with Crippen LogP contribution in [0.3, 0.4) is 0 Å². The minimum atomic E-state index is -0.986. The molecule has 2 unspecified atom stereocenters. The van der Waals surface area contributed by atoms with Crippen molar-refractivity contribution in [3.8, 4) is 0 Å². The third-order valence-corrected chi connectivity index (χ3v) is 12.5. The van der Waals surface area contributed by atoms with Gasteiger partial charge in [0.2, 0.25) is 17.8 Å². The van der Waals surface area contributed by atoms with Crippen molar-refractivity contribution in [2.24, 2.45) is 5.73 Å². The van der Waals surface area contributed by atoms with Gasteiger partial charge in [0, 0.05) is 77.6 Å². The summed E-state index contributed by atoms with van der Waals surface area (Å²) >= 11 is 0. The maximum absolute atomic E-state index is 13.3. The summed E-state index contributed by atoms with van der Waals surface area (Å²) in [6, 6.07) is 11.3. The number of benzene rings is 2. The molecule has 7 heterocycles. The molecule has 4 fully saturated rings. The number of urea groups is 1. The van der Waals surface area contributed by atoms with Gasteiger partial charge in [-0.3, -0.25) is 39.1 Å². The molecule has 57 heavy (non-hydrogen) atoms. The third-order valence-electron chi connectivity index (χ3n) is 12.5. The number of nitrogens with two attached hydrogens (primary N) is 1. The van der Waals surface area contributed by atoms with E-state index >= 15 is 0 Å². The summed E-state index contributed by atoms with van der Waals surface area (Å²) < 4.78 is 0. The molecule has 0 saturated carbocycles. The van der Waals surface area contributed by atoms with Gasteiger partial charge in [0.1, 0.15) is 6.04 Å². The second kappa shape index (κ2) is 14.5. The molecule has 6 aliphatic heterocycles. The van der Waals surface area contributed by atoms with Gasteiger partial charge in [0.15, 0.2) is 5.69 Å². The number of piperidine rings is 2. The summed E-state index contributed by atoms with van der Waals surface area (Å²) in [4.78, 5) is 91.7. The van der Waals surface area contributed by atoms with Crippen LogP contribution in [0.1, 0.15) is 79.3 Å². The fourth-order valence-corrected chi connectivity index (χ4v) is 9.16. The number of imide groups is 2. The van der Waals surface area contributed by atoms with Crippen molar-refractivity contribution < 1.29 is 28.8 Å². The summed E-state index contributed by atoms with van der Waals surface area (Å²) in [6.07, 6.45) is 4.07. The zero-order valence-electron chi connectivity index (χ0n) is 31.9. The van der Waals surface area contributed by atoms with Crippen LogP contribution in [-0.4, -0.2) is 141 Å². The number of hydrogen-bond donors (Lipinski definition) is 2. The van der Waals surface area contributed by atoms with Crippen LogP contribution in [0.2, 0.25) is 0 Å². The van der Waals surface area contributed by atoms with E-state index in [2.05, 4.69) is 48.4 Å². The van der Waals surface area contributed by atoms with E-state index in [0.29, 0.717) is 43.6 Å². The topological polar surface area (TPSA) is 199 Å². The number of carbonyl (C=O) groups excluding carboxylic acids is 6. The van der Waals surface area contributed by atoms with Crippen LogP contribution in [0.15, 0.2) is 36.4 Å². The molecule has 3 N–H and O–H groups in total. The lowest BCUT2D eigenvalue weighted by molar-refractivity contribution is -0.136. The molecule has 0 radical (unpaired) electrons. The van der Waals surface area contributed by atoms with Crippen LogP contribution in [0.5, 0.6) is 0 Å². The van der Waals surface area contributed by atoms with E-state index < -0.39 is 35.6 Å². The molecule has 0 aliphatic carbocycles. The SMILES string of the molecule is CN1CCN(C2CCCN(c3nnc(C(N)=O)c(CCc4ccc5c(c4)CCN(C4CN(c6ccc7c(c6)C(=O)N(C6CCC(=O)NC6=O)C7=O)C4)C5)n3)C2)C1=O. The first-order valence-electron chi connectivity index (χ1n) is 19.8. The highest BCUT2D eigenvalue weighted by Gasteiger charge is 2.45. The second-order valence-electron chi connectivity index (χ2n) is 16.0. The number of amides is 7. The molecule has 7 amide bonds. The molecule has 17 heteroatoms. The Balaban J connectivity index is 0.807. The van der Waals surface area contributed by atoms with Crippen LogP contribution in [0, 0.1) is 0 Å². The molecule has 9 rings (SSSR count). The first-order chi connectivity index (χ1) is 27.5. The molecule has 0 spiro atoms. The predicted octanol–water partition coefficient (Wildman–Crippen LogP) is 0.740. The number of anilines is 2. The Kier molecular flexibility index (Phi) is 9.33. The fraction of sp³-hybridized carbons (Fsp3) is 0.475. The summed E-state index contributed by atoms with van der Waals surface area (Å²) in [5, 5.41) is 10.7. The van der Waals surface area contributed by atoms with E-state index in [1.807, 2.05) is 18.0 Å². The highest BCUT2D eigenvalue weighted by molar-refractivity contribution is 6.23. The van der Waals surface area contributed by atoms with E-state index in [4.69, 9.17) is 10.7 Å². The molecule has 1 aromatic heterocycles. The molecule has 6 aliphatic rings. The maximum Gasteiger partial charge on any atom is 0.320 e. The fourth-order valence-electron chi connectivity index (χ4n) is 9.16. The number of likely N-dealkylation sites (N-methyl/N-ethyl adjacent to an activating group) is 1. The van der Waals surface area contributed by atoms with Crippen molar-refractivity contribution in [1.29, 1.82) is 0 Å². The van der Waals surface area contributed by atoms with E-state index in [1.54, 1.807) is 17.0 Å². The number of fused-ring (bicyclic) bond motifs is 2. The summed E-state index contributed by atoms with van der Waals surface area (Å²) in [6.45, 7) is 6.09. The standard InChI is InChI=1S/C40H45N11O6/c1-46-15-16-50(40(46)57)27-3-2-13-48(20-27)39-42-31(34(35(41)53)44-45-39)9-5-23-4-6-25-19-47(14-12-24(25)17-23)28-21-49(22-28)26-7-8-29-30(18-26)38(56)51(37(29)55)32-10-11-33(52)43-36(32)54/h4,6-8,17-18,27-28,32H,2-3,5,9-16,19-22H2,1H3,(H2,41,53)(H,43,52,54). The summed E-state index contributed by atoms with van der Waals surface area (Å²) in [7, 11) is 1.82. The third kappa shape index (κ3) is 6.72. The van der Waals surface area contributed by atoms with E-state index in [-0.39, 0.29) is 41.7 Å².